The van der Waals surface area contributed by atoms with Gasteiger partial charge in [-0.3, -0.25) is 0 Å². The van der Waals surface area contributed by atoms with Crippen LogP contribution in [0.1, 0.15) is 59.3 Å². The van der Waals surface area contributed by atoms with E-state index in [2.05, 4.69) is 13.8 Å². The Morgan fingerprint density at radius 3 is 1.78 bits per heavy atom. The predicted molar refractivity (Wildman–Crippen MR) is 73.3 cm³/mol. The first-order valence-electron chi connectivity index (χ1n) is 7.20. The fourth-order valence-corrected chi connectivity index (χ4v) is 5.37. The van der Waals surface area contributed by atoms with Crippen molar-refractivity contribution in [3.05, 3.63) is 12.2 Å². The van der Waals surface area contributed by atoms with Crippen LogP contribution in [-0.4, -0.2) is 11.1 Å². The molecule has 2 heteroatoms. The van der Waals surface area contributed by atoms with E-state index < -0.39 is 5.97 Å². The molecular weight excluding hydrogens is 224 g/mol. The molecule has 0 aromatic rings. The van der Waals surface area contributed by atoms with E-state index in [0.717, 1.165) is 28.7 Å². The summed E-state index contributed by atoms with van der Waals surface area (Å²) in [5.41, 5.74) is 1.53. The molecule has 0 amide bonds. The van der Waals surface area contributed by atoms with Gasteiger partial charge in [0.25, 0.3) is 0 Å². The number of carboxylic acids is 1. The maximum absolute atomic E-state index is 9.51. The van der Waals surface area contributed by atoms with Gasteiger partial charge in [0, 0.05) is 6.08 Å². The van der Waals surface area contributed by atoms with Crippen molar-refractivity contribution >= 4 is 5.97 Å². The Balaban J connectivity index is 0.000000174. The van der Waals surface area contributed by atoms with Gasteiger partial charge in [-0.25, -0.2) is 4.79 Å². The molecule has 0 unspecified atom stereocenters. The van der Waals surface area contributed by atoms with Crippen molar-refractivity contribution in [2.75, 3.05) is 0 Å². The topological polar surface area (TPSA) is 37.3 Å². The monoisotopic (exact) mass is 250 g/mol. The van der Waals surface area contributed by atoms with E-state index in [-0.39, 0.29) is 0 Å². The van der Waals surface area contributed by atoms with Gasteiger partial charge >= 0.3 is 5.97 Å². The third kappa shape index (κ3) is 2.96. The van der Waals surface area contributed by atoms with Crippen LogP contribution >= 0.6 is 0 Å². The summed E-state index contributed by atoms with van der Waals surface area (Å²) in [6.07, 6.45) is 11.9. The maximum atomic E-state index is 9.51. The van der Waals surface area contributed by atoms with Gasteiger partial charge in [-0.2, -0.15) is 0 Å². The Labute approximate surface area is 110 Å². The number of carbonyl (C=O) groups is 1. The lowest BCUT2D eigenvalue weighted by molar-refractivity contribution is -0.131. The van der Waals surface area contributed by atoms with Crippen molar-refractivity contribution in [2.24, 2.45) is 22.7 Å². The molecule has 4 bridgehead atoms. The molecule has 4 fully saturated rings. The number of allylic oxidation sites excluding steroid dienone is 1. The lowest BCUT2D eigenvalue weighted by Gasteiger charge is -2.60. The summed E-state index contributed by atoms with van der Waals surface area (Å²) in [6, 6.07) is 0. The molecule has 0 aromatic carbocycles. The highest BCUT2D eigenvalue weighted by atomic mass is 16.4. The third-order valence-electron chi connectivity index (χ3n) is 4.96. The standard InChI is InChI=1S/C12H20.C4H6O2/c1-11-4-9-3-10(5-11)7-12(2,6-9)8-11;1-2-3-4(5)6/h9-10H,3-8H2,1-2H3;2-3H,1H3,(H,5,6)/b;3-2+. The third-order valence-corrected chi connectivity index (χ3v) is 4.96. The van der Waals surface area contributed by atoms with Gasteiger partial charge in [0.1, 0.15) is 0 Å². The molecule has 18 heavy (non-hydrogen) atoms. The molecule has 4 aliphatic carbocycles. The van der Waals surface area contributed by atoms with Gasteiger partial charge in [-0.15, -0.1) is 0 Å². The lowest BCUT2D eigenvalue weighted by atomic mass is 9.45. The Morgan fingerprint density at radius 1 is 1.11 bits per heavy atom. The summed E-state index contributed by atoms with van der Waals surface area (Å²) in [4.78, 5) is 9.51. The Kier molecular flexibility index (Phi) is 3.57. The predicted octanol–water partition coefficient (Wildman–Crippen LogP) is 4.26. The molecule has 4 rings (SSSR count). The molecule has 0 saturated heterocycles. The van der Waals surface area contributed by atoms with Gasteiger partial charge in [-0.05, 0) is 68.1 Å². The second-order valence-electron chi connectivity index (χ2n) is 7.42. The van der Waals surface area contributed by atoms with Crippen molar-refractivity contribution in [3.63, 3.8) is 0 Å². The molecule has 4 saturated carbocycles. The summed E-state index contributed by atoms with van der Waals surface area (Å²) < 4.78 is 0. The van der Waals surface area contributed by atoms with E-state index in [1.165, 1.54) is 12.5 Å². The van der Waals surface area contributed by atoms with Crippen LogP contribution in [0.2, 0.25) is 0 Å². The lowest BCUT2D eigenvalue weighted by Crippen LogP contribution is -2.49. The first-order chi connectivity index (χ1) is 8.34. The van der Waals surface area contributed by atoms with Crippen LogP contribution in [0.3, 0.4) is 0 Å². The average molecular weight is 250 g/mol. The minimum absolute atomic E-state index is 0.763. The minimum Gasteiger partial charge on any atom is -0.478 e. The quantitative estimate of drug-likeness (QED) is 0.706. The first-order valence-corrected chi connectivity index (χ1v) is 7.20. The zero-order chi connectivity index (χ0) is 13.4. The van der Waals surface area contributed by atoms with Crippen LogP contribution in [0.5, 0.6) is 0 Å². The molecule has 0 aromatic heterocycles. The molecule has 2 nitrogen and oxygen atoms in total. The van der Waals surface area contributed by atoms with Crippen LogP contribution in [-0.2, 0) is 4.79 Å². The van der Waals surface area contributed by atoms with E-state index in [1.54, 1.807) is 39.0 Å². The summed E-state index contributed by atoms with van der Waals surface area (Å²) in [5.74, 6) is 1.33. The molecular formula is C16H26O2. The van der Waals surface area contributed by atoms with Crippen molar-refractivity contribution < 1.29 is 9.90 Å². The van der Waals surface area contributed by atoms with Crippen LogP contribution < -0.4 is 0 Å². The van der Waals surface area contributed by atoms with E-state index in [9.17, 15) is 4.79 Å². The number of aliphatic carboxylic acids is 1. The molecule has 0 heterocycles. The number of hydrogen-bond donors (Lipinski definition) is 1. The Morgan fingerprint density at radius 2 is 1.56 bits per heavy atom. The van der Waals surface area contributed by atoms with Gasteiger partial charge in [0.15, 0.2) is 0 Å². The summed E-state index contributed by atoms with van der Waals surface area (Å²) in [7, 11) is 0. The minimum atomic E-state index is -0.891. The Hall–Kier alpha value is -0.790. The molecule has 102 valence electrons. The molecule has 0 aliphatic heterocycles. The van der Waals surface area contributed by atoms with Gasteiger partial charge < -0.3 is 5.11 Å². The fraction of sp³-hybridized carbons (Fsp3) is 0.812. The zero-order valence-electron chi connectivity index (χ0n) is 11.9. The van der Waals surface area contributed by atoms with Gasteiger partial charge in [-0.1, -0.05) is 19.9 Å². The van der Waals surface area contributed by atoms with E-state index in [4.69, 9.17) is 5.11 Å². The maximum Gasteiger partial charge on any atom is 0.327 e. The van der Waals surface area contributed by atoms with Crippen LogP contribution in [0.25, 0.3) is 0 Å². The highest BCUT2D eigenvalue weighted by Gasteiger charge is 2.53. The highest BCUT2D eigenvalue weighted by molar-refractivity contribution is 5.79. The van der Waals surface area contributed by atoms with Crippen molar-refractivity contribution in [2.45, 2.75) is 59.3 Å². The number of hydrogen-bond acceptors (Lipinski definition) is 1. The van der Waals surface area contributed by atoms with E-state index in [1.807, 2.05) is 0 Å². The summed E-state index contributed by atoms with van der Waals surface area (Å²) in [5, 5.41) is 7.83. The first kappa shape index (κ1) is 13.6. The molecule has 0 radical (unpaired) electrons. The second-order valence-corrected chi connectivity index (χ2v) is 7.42. The van der Waals surface area contributed by atoms with E-state index in [0.29, 0.717) is 0 Å². The second kappa shape index (κ2) is 4.71. The fourth-order valence-electron chi connectivity index (χ4n) is 5.37. The van der Waals surface area contributed by atoms with Crippen LogP contribution in [0.15, 0.2) is 12.2 Å². The van der Waals surface area contributed by atoms with Crippen LogP contribution in [0.4, 0.5) is 0 Å². The highest BCUT2D eigenvalue weighted by Crippen LogP contribution is 2.64. The SMILES string of the molecule is C/C=C/C(=O)O.CC12CC3CC(C1)CC(C)(C3)C2. The summed E-state index contributed by atoms with van der Waals surface area (Å²) in [6.45, 7) is 6.75. The normalized spacial score (nSPS) is 44.8. The molecule has 0 atom stereocenters. The largest absolute Gasteiger partial charge is 0.478 e. The number of carboxylic acid groups (broad SMARTS) is 1. The Bertz CT molecular complexity index is 322. The smallest absolute Gasteiger partial charge is 0.327 e. The van der Waals surface area contributed by atoms with Crippen LogP contribution in [0, 0.1) is 22.7 Å². The average Bonchev–Trinajstić information content (AvgIpc) is 2.11. The zero-order valence-corrected chi connectivity index (χ0v) is 11.9. The van der Waals surface area contributed by atoms with Gasteiger partial charge in [0.05, 0.1) is 0 Å². The van der Waals surface area contributed by atoms with E-state index >= 15 is 0 Å². The molecule has 4 aliphatic rings. The number of rotatable bonds is 1. The molecule has 0 spiro atoms. The molecule has 1 N–H and O–H groups in total. The van der Waals surface area contributed by atoms with Gasteiger partial charge in [0.2, 0.25) is 0 Å². The van der Waals surface area contributed by atoms with Crippen molar-refractivity contribution in [3.8, 4) is 0 Å². The summed E-state index contributed by atoms with van der Waals surface area (Å²) >= 11 is 0. The van der Waals surface area contributed by atoms with Crippen molar-refractivity contribution in [1.29, 1.82) is 0 Å². The van der Waals surface area contributed by atoms with Crippen molar-refractivity contribution in [1.82, 2.24) is 0 Å².